The van der Waals surface area contributed by atoms with Crippen molar-refractivity contribution in [1.29, 1.82) is 0 Å². The highest BCUT2D eigenvalue weighted by Gasteiger charge is 2.33. The van der Waals surface area contributed by atoms with E-state index in [9.17, 15) is 14.0 Å². The standard InChI is InChI=1S/C25H22ClFN2O4S/c1-4-32-19-11-6-15(12-18(19)26)13-20-23(30)29-22(16-7-9-17(27)10-8-16)21(24(31)33-5-2)14(3)28-25(29)34-20/h6-13,22H,4-5H2,1-3H3/b20-13-/t22-/m1/s1. The fraction of sp³-hybridized carbons (Fsp3) is 0.240. The second kappa shape index (κ2) is 9.95. The highest BCUT2D eigenvalue weighted by Crippen LogP contribution is 2.31. The topological polar surface area (TPSA) is 69.9 Å². The molecule has 176 valence electrons. The molecule has 2 aromatic carbocycles. The van der Waals surface area contributed by atoms with Crippen molar-refractivity contribution in [2.45, 2.75) is 26.8 Å². The van der Waals surface area contributed by atoms with Crippen LogP contribution in [0, 0.1) is 5.82 Å². The van der Waals surface area contributed by atoms with Crippen LogP contribution >= 0.6 is 22.9 Å². The first-order chi connectivity index (χ1) is 16.3. The summed E-state index contributed by atoms with van der Waals surface area (Å²) in [6.45, 7) is 5.94. The Morgan fingerprint density at radius 2 is 1.94 bits per heavy atom. The molecular formula is C25H22ClFN2O4S. The first-order valence-corrected chi connectivity index (χ1v) is 11.9. The smallest absolute Gasteiger partial charge is 0.338 e. The van der Waals surface area contributed by atoms with Gasteiger partial charge in [0.2, 0.25) is 0 Å². The first-order valence-electron chi connectivity index (χ1n) is 10.7. The van der Waals surface area contributed by atoms with E-state index in [2.05, 4.69) is 4.99 Å². The summed E-state index contributed by atoms with van der Waals surface area (Å²) < 4.78 is 26.2. The van der Waals surface area contributed by atoms with Crippen LogP contribution in [0.2, 0.25) is 5.02 Å². The van der Waals surface area contributed by atoms with E-state index in [4.69, 9.17) is 21.1 Å². The minimum atomic E-state index is -0.790. The molecule has 1 aliphatic heterocycles. The second-order valence-electron chi connectivity index (χ2n) is 7.48. The number of thiazole rings is 1. The second-order valence-corrected chi connectivity index (χ2v) is 8.89. The molecule has 0 radical (unpaired) electrons. The summed E-state index contributed by atoms with van der Waals surface area (Å²) in [5.41, 5.74) is 1.67. The molecule has 0 fully saturated rings. The monoisotopic (exact) mass is 500 g/mol. The number of allylic oxidation sites excluding steroid dienone is 1. The van der Waals surface area contributed by atoms with Gasteiger partial charge in [-0.15, -0.1) is 0 Å². The Kier molecular flexibility index (Phi) is 7.00. The zero-order chi connectivity index (χ0) is 24.4. The third-order valence-corrected chi connectivity index (χ3v) is 6.53. The quantitative estimate of drug-likeness (QED) is 0.480. The Bertz CT molecular complexity index is 1460. The summed E-state index contributed by atoms with van der Waals surface area (Å²) in [7, 11) is 0. The number of hydrogen-bond donors (Lipinski definition) is 0. The molecule has 6 nitrogen and oxygen atoms in total. The van der Waals surface area contributed by atoms with E-state index in [-0.39, 0.29) is 17.7 Å². The molecule has 0 amide bonds. The SMILES string of the molecule is CCOC(=O)C1=C(C)N=c2s/c(=C\c3ccc(OCC)c(Cl)c3)c(=O)n2[C@@H]1c1ccc(F)cc1. The van der Waals surface area contributed by atoms with Crippen LogP contribution in [0.5, 0.6) is 5.75 Å². The average molecular weight is 501 g/mol. The van der Waals surface area contributed by atoms with Crippen molar-refractivity contribution in [1.82, 2.24) is 4.57 Å². The number of nitrogens with zero attached hydrogens (tertiary/aromatic N) is 2. The van der Waals surface area contributed by atoms with E-state index in [1.807, 2.05) is 13.0 Å². The van der Waals surface area contributed by atoms with Crippen LogP contribution in [0.1, 0.15) is 37.9 Å². The summed E-state index contributed by atoms with van der Waals surface area (Å²) in [6.07, 6.45) is 1.72. The highest BCUT2D eigenvalue weighted by molar-refractivity contribution is 7.07. The molecule has 3 aromatic rings. The third kappa shape index (κ3) is 4.56. The predicted octanol–water partition coefficient (Wildman–Crippen LogP) is 3.99. The summed E-state index contributed by atoms with van der Waals surface area (Å²) in [4.78, 5) is 31.3. The number of fused-ring (bicyclic) bond motifs is 1. The van der Waals surface area contributed by atoms with E-state index < -0.39 is 17.8 Å². The van der Waals surface area contributed by atoms with Crippen LogP contribution in [-0.4, -0.2) is 23.8 Å². The highest BCUT2D eigenvalue weighted by atomic mass is 35.5. The van der Waals surface area contributed by atoms with E-state index >= 15 is 0 Å². The van der Waals surface area contributed by atoms with Gasteiger partial charge in [0.25, 0.3) is 5.56 Å². The lowest BCUT2D eigenvalue weighted by Gasteiger charge is -2.24. The van der Waals surface area contributed by atoms with Crippen molar-refractivity contribution in [3.8, 4) is 5.75 Å². The number of aromatic nitrogens is 1. The molecule has 0 N–H and O–H groups in total. The summed E-state index contributed by atoms with van der Waals surface area (Å²) in [5.74, 6) is -0.415. The number of rotatable bonds is 6. The van der Waals surface area contributed by atoms with E-state index in [0.717, 1.165) is 5.56 Å². The number of hydrogen-bond acceptors (Lipinski definition) is 6. The van der Waals surface area contributed by atoms with Crippen molar-refractivity contribution in [3.05, 3.63) is 95.4 Å². The molecular weight excluding hydrogens is 479 g/mol. The van der Waals surface area contributed by atoms with Gasteiger partial charge in [-0.2, -0.15) is 0 Å². The van der Waals surface area contributed by atoms with Crippen LogP contribution in [-0.2, 0) is 9.53 Å². The molecule has 1 atom stereocenters. The minimum Gasteiger partial charge on any atom is -0.492 e. The fourth-order valence-electron chi connectivity index (χ4n) is 3.78. The molecule has 0 spiro atoms. The van der Waals surface area contributed by atoms with Gasteiger partial charge in [-0.25, -0.2) is 14.2 Å². The number of carbonyl (C=O) groups is 1. The van der Waals surface area contributed by atoms with Gasteiger partial charge in [0.05, 0.1) is 40.1 Å². The van der Waals surface area contributed by atoms with Gasteiger partial charge in [0.15, 0.2) is 4.80 Å². The maximum absolute atomic E-state index is 13.6. The molecule has 1 aromatic heterocycles. The zero-order valence-corrected chi connectivity index (χ0v) is 20.4. The van der Waals surface area contributed by atoms with Crippen molar-refractivity contribution < 1.29 is 18.7 Å². The average Bonchev–Trinajstić information content (AvgIpc) is 3.10. The predicted molar refractivity (Wildman–Crippen MR) is 129 cm³/mol. The molecule has 0 bridgehead atoms. The molecule has 4 rings (SSSR count). The molecule has 0 saturated heterocycles. The Morgan fingerprint density at radius 3 is 2.59 bits per heavy atom. The Hall–Kier alpha value is -3.23. The lowest BCUT2D eigenvalue weighted by Crippen LogP contribution is -2.39. The zero-order valence-electron chi connectivity index (χ0n) is 18.8. The Morgan fingerprint density at radius 1 is 1.21 bits per heavy atom. The largest absolute Gasteiger partial charge is 0.492 e. The van der Waals surface area contributed by atoms with Crippen LogP contribution in [0.15, 0.2) is 63.5 Å². The lowest BCUT2D eigenvalue weighted by atomic mass is 9.96. The van der Waals surface area contributed by atoms with Crippen LogP contribution in [0.3, 0.4) is 0 Å². The van der Waals surface area contributed by atoms with Crippen molar-refractivity contribution in [2.75, 3.05) is 13.2 Å². The van der Waals surface area contributed by atoms with Crippen LogP contribution in [0.25, 0.3) is 6.08 Å². The van der Waals surface area contributed by atoms with E-state index in [1.165, 1.54) is 28.0 Å². The molecule has 0 saturated carbocycles. The van der Waals surface area contributed by atoms with Gasteiger partial charge in [0.1, 0.15) is 11.6 Å². The lowest BCUT2D eigenvalue weighted by molar-refractivity contribution is -0.139. The van der Waals surface area contributed by atoms with Crippen LogP contribution < -0.4 is 19.6 Å². The van der Waals surface area contributed by atoms with Gasteiger partial charge in [-0.05, 0) is 62.2 Å². The molecule has 0 aliphatic carbocycles. The summed E-state index contributed by atoms with van der Waals surface area (Å²) in [6, 6.07) is 10.2. The van der Waals surface area contributed by atoms with Crippen molar-refractivity contribution in [2.24, 2.45) is 4.99 Å². The number of carbonyl (C=O) groups excluding carboxylic acids is 1. The maximum Gasteiger partial charge on any atom is 0.338 e. The normalized spacial score (nSPS) is 15.7. The summed E-state index contributed by atoms with van der Waals surface area (Å²) in [5, 5.41) is 0.438. The molecule has 0 unspecified atom stereocenters. The van der Waals surface area contributed by atoms with E-state index in [0.29, 0.717) is 38.0 Å². The molecule has 2 heterocycles. The fourth-order valence-corrected chi connectivity index (χ4v) is 5.07. The van der Waals surface area contributed by atoms with Gasteiger partial charge in [-0.3, -0.25) is 9.36 Å². The minimum absolute atomic E-state index is 0.175. The number of ether oxygens (including phenoxy) is 2. The van der Waals surface area contributed by atoms with Crippen molar-refractivity contribution in [3.63, 3.8) is 0 Å². The molecule has 1 aliphatic rings. The van der Waals surface area contributed by atoms with Crippen molar-refractivity contribution >= 4 is 35.0 Å². The number of halogens is 2. The third-order valence-electron chi connectivity index (χ3n) is 5.26. The molecule has 9 heteroatoms. The van der Waals surface area contributed by atoms with E-state index in [1.54, 1.807) is 44.2 Å². The Balaban J connectivity index is 1.89. The molecule has 34 heavy (non-hydrogen) atoms. The van der Waals surface area contributed by atoms with Crippen LogP contribution in [0.4, 0.5) is 4.39 Å². The summed E-state index contributed by atoms with van der Waals surface area (Å²) >= 11 is 7.50. The first kappa shape index (κ1) is 23.9. The Labute approximate surface area is 204 Å². The van der Waals surface area contributed by atoms with Gasteiger partial charge in [0, 0.05) is 0 Å². The van der Waals surface area contributed by atoms with Gasteiger partial charge >= 0.3 is 5.97 Å². The van der Waals surface area contributed by atoms with Gasteiger partial charge < -0.3 is 9.47 Å². The number of benzene rings is 2. The number of esters is 1. The maximum atomic E-state index is 13.6. The van der Waals surface area contributed by atoms with Gasteiger partial charge in [-0.1, -0.05) is 41.1 Å².